The zero-order chi connectivity index (χ0) is 14.1. The fourth-order valence-corrected chi connectivity index (χ4v) is 2.38. The van der Waals surface area contributed by atoms with Crippen molar-refractivity contribution in [2.24, 2.45) is 4.99 Å². The summed E-state index contributed by atoms with van der Waals surface area (Å²) >= 11 is 5.25. The Morgan fingerprint density at radius 1 is 1.50 bits per heavy atom. The van der Waals surface area contributed by atoms with Crippen molar-refractivity contribution >= 4 is 29.5 Å². The summed E-state index contributed by atoms with van der Waals surface area (Å²) in [5.41, 5.74) is 2.03. The number of aromatic amines is 2. The smallest absolute Gasteiger partial charge is 0.276 e. The Morgan fingerprint density at radius 2 is 2.35 bits per heavy atom. The van der Waals surface area contributed by atoms with E-state index in [9.17, 15) is 4.79 Å². The molecule has 2 aromatic rings. The standard InChI is InChI=1S/C13H12N4O2S/c1-8-6-15-10-11(8)17(13(20)16-12(10)18)7-9-2-3-14-4-5-19-9/h2-6,15H,7H2,1H3,(H,16,18,20). The molecule has 0 saturated heterocycles. The molecule has 0 unspecified atom stereocenters. The van der Waals surface area contributed by atoms with Crippen LogP contribution in [0.1, 0.15) is 5.56 Å². The molecular weight excluding hydrogens is 276 g/mol. The summed E-state index contributed by atoms with van der Waals surface area (Å²) in [6, 6.07) is 0. The molecule has 2 N–H and O–H groups in total. The van der Waals surface area contributed by atoms with Gasteiger partial charge >= 0.3 is 0 Å². The first kappa shape index (κ1) is 12.6. The van der Waals surface area contributed by atoms with Gasteiger partial charge in [0.1, 0.15) is 17.5 Å². The summed E-state index contributed by atoms with van der Waals surface area (Å²) in [4.78, 5) is 21.4. The first-order valence-electron chi connectivity index (χ1n) is 6.01. The highest BCUT2D eigenvalue weighted by Crippen LogP contribution is 2.16. The first-order chi connectivity index (χ1) is 9.66. The van der Waals surface area contributed by atoms with Crippen molar-refractivity contribution in [3.05, 3.63) is 51.2 Å². The molecule has 0 saturated carbocycles. The number of aryl methyl sites for hydroxylation is 1. The van der Waals surface area contributed by atoms with Crippen molar-refractivity contribution in [3.63, 3.8) is 0 Å². The first-order valence-corrected chi connectivity index (χ1v) is 6.42. The monoisotopic (exact) mass is 288 g/mol. The van der Waals surface area contributed by atoms with Crippen LogP contribution in [0.5, 0.6) is 0 Å². The summed E-state index contributed by atoms with van der Waals surface area (Å²) in [6.07, 6.45) is 8.27. The molecule has 0 atom stereocenters. The van der Waals surface area contributed by atoms with Crippen LogP contribution in [0.15, 0.2) is 40.3 Å². The van der Waals surface area contributed by atoms with E-state index < -0.39 is 0 Å². The summed E-state index contributed by atoms with van der Waals surface area (Å²) in [5, 5.41) is 0. The minimum Gasteiger partial charge on any atom is -0.466 e. The van der Waals surface area contributed by atoms with E-state index in [1.165, 1.54) is 6.26 Å². The average molecular weight is 288 g/mol. The fraction of sp³-hybridized carbons (Fsp3) is 0.154. The lowest BCUT2D eigenvalue weighted by molar-refractivity contribution is 0.325. The summed E-state index contributed by atoms with van der Waals surface area (Å²) in [5.74, 6) is 0.688. The van der Waals surface area contributed by atoms with Gasteiger partial charge in [-0.3, -0.25) is 14.8 Å². The number of aromatic nitrogens is 3. The molecule has 20 heavy (non-hydrogen) atoms. The van der Waals surface area contributed by atoms with Gasteiger partial charge in [-0.1, -0.05) is 0 Å². The molecule has 0 spiro atoms. The van der Waals surface area contributed by atoms with Crippen molar-refractivity contribution in [2.45, 2.75) is 13.5 Å². The lowest BCUT2D eigenvalue weighted by Crippen LogP contribution is -2.15. The molecule has 3 rings (SSSR count). The van der Waals surface area contributed by atoms with E-state index in [2.05, 4.69) is 15.0 Å². The van der Waals surface area contributed by atoms with Gasteiger partial charge in [-0.2, -0.15) is 0 Å². The maximum atomic E-state index is 11.9. The highest BCUT2D eigenvalue weighted by Gasteiger charge is 2.11. The van der Waals surface area contributed by atoms with Gasteiger partial charge in [-0.05, 0) is 30.8 Å². The molecule has 1 aliphatic rings. The Labute approximate surface area is 119 Å². The second kappa shape index (κ2) is 4.93. The molecule has 0 aromatic carbocycles. The highest BCUT2D eigenvalue weighted by atomic mass is 32.1. The van der Waals surface area contributed by atoms with E-state index in [0.29, 0.717) is 22.6 Å². The third kappa shape index (κ3) is 2.12. The number of ether oxygens (including phenoxy) is 1. The van der Waals surface area contributed by atoms with Crippen molar-refractivity contribution in [3.8, 4) is 0 Å². The number of hydrogen-bond donors (Lipinski definition) is 2. The van der Waals surface area contributed by atoms with Crippen molar-refractivity contribution in [2.75, 3.05) is 0 Å². The molecule has 0 bridgehead atoms. The van der Waals surface area contributed by atoms with Gasteiger partial charge in [0.05, 0.1) is 18.3 Å². The van der Waals surface area contributed by atoms with Crippen molar-refractivity contribution in [1.29, 1.82) is 0 Å². The zero-order valence-electron chi connectivity index (χ0n) is 10.7. The Balaban J connectivity index is 2.16. The van der Waals surface area contributed by atoms with E-state index in [-0.39, 0.29) is 5.56 Å². The number of aliphatic imine (C=N–C) groups is 1. The van der Waals surface area contributed by atoms with Crippen LogP contribution < -0.4 is 5.56 Å². The van der Waals surface area contributed by atoms with E-state index in [1.54, 1.807) is 24.7 Å². The quantitative estimate of drug-likeness (QED) is 0.831. The maximum absolute atomic E-state index is 11.9. The van der Waals surface area contributed by atoms with Gasteiger partial charge in [-0.15, -0.1) is 0 Å². The van der Waals surface area contributed by atoms with Crippen molar-refractivity contribution in [1.82, 2.24) is 14.5 Å². The molecule has 0 amide bonds. The largest absolute Gasteiger partial charge is 0.466 e. The molecule has 0 fully saturated rings. The Morgan fingerprint density at radius 3 is 3.20 bits per heavy atom. The normalized spacial score (nSPS) is 14.2. The van der Waals surface area contributed by atoms with Crippen LogP contribution in [0.2, 0.25) is 0 Å². The molecule has 0 radical (unpaired) electrons. The van der Waals surface area contributed by atoms with Gasteiger partial charge in [-0.25, -0.2) is 0 Å². The lowest BCUT2D eigenvalue weighted by Gasteiger charge is -2.11. The molecular formula is C13H12N4O2S. The Bertz CT molecular complexity index is 867. The number of nitrogens with zero attached hydrogens (tertiary/aromatic N) is 2. The van der Waals surface area contributed by atoms with E-state index >= 15 is 0 Å². The zero-order valence-corrected chi connectivity index (χ0v) is 11.5. The molecule has 2 aromatic heterocycles. The van der Waals surface area contributed by atoms with Gasteiger partial charge in [0.2, 0.25) is 0 Å². The van der Waals surface area contributed by atoms with E-state index in [1.807, 2.05) is 11.5 Å². The molecule has 0 aliphatic carbocycles. The Hall–Kier alpha value is -2.41. The maximum Gasteiger partial charge on any atom is 0.276 e. The average Bonchev–Trinajstić information content (AvgIpc) is 2.64. The minimum atomic E-state index is -0.216. The van der Waals surface area contributed by atoms with E-state index in [0.717, 1.165) is 11.1 Å². The number of rotatable bonds is 2. The lowest BCUT2D eigenvalue weighted by atomic mass is 10.3. The predicted molar refractivity (Wildman–Crippen MR) is 79.3 cm³/mol. The van der Waals surface area contributed by atoms with Crippen LogP contribution >= 0.6 is 12.2 Å². The summed E-state index contributed by atoms with van der Waals surface area (Å²) in [7, 11) is 0. The second-order valence-electron chi connectivity index (χ2n) is 4.37. The number of fused-ring (bicyclic) bond motifs is 1. The molecule has 102 valence electrons. The topological polar surface area (TPSA) is 75.2 Å². The van der Waals surface area contributed by atoms with Crippen LogP contribution in [-0.4, -0.2) is 20.7 Å². The summed E-state index contributed by atoms with van der Waals surface area (Å²) in [6.45, 7) is 2.34. The van der Waals surface area contributed by atoms with Crippen LogP contribution in [-0.2, 0) is 11.3 Å². The number of nitrogens with one attached hydrogen (secondary N) is 2. The SMILES string of the molecule is Cc1c[nH]c2c(=O)[nH]c(=S)n(CC3=CC=NC=CO3)c12. The molecule has 7 heteroatoms. The fourth-order valence-electron chi connectivity index (χ4n) is 2.13. The van der Waals surface area contributed by atoms with Gasteiger partial charge in [0, 0.05) is 12.4 Å². The van der Waals surface area contributed by atoms with Gasteiger partial charge in [0.15, 0.2) is 4.77 Å². The van der Waals surface area contributed by atoms with Gasteiger partial charge < -0.3 is 14.3 Å². The third-order valence-electron chi connectivity index (χ3n) is 3.03. The number of allylic oxidation sites excluding steroid dienone is 2. The molecule has 3 heterocycles. The highest BCUT2D eigenvalue weighted by molar-refractivity contribution is 7.71. The van der Waals surface area contributed by atoms with Crippen molar-refractivity contribution < 1.29 is 4.74 Å². The Kier molecular flexibility index (Phi) is 3.11. The number of hydrogen-bond acceptors (Lipinski definition) is 4. The second-order valence-corrected chi connectivity index (χ2v) is 4.76. The van der Waals surface area contributed by atoms with Crippen LogP contribution in [0.3, 0.4) is 0 Å². The van der Waals surface area contributed by atoms with E-state index in [4.69, 9.17) is 17.0 Å². The third-order valence-corrected chi connectivity index (χ3v) is 3.36. The van der Waals surface area contributed by atoms with Crippen LogP contribution in [0.25, 0.3) is 11.0 Å². The molecule has 1 aliphatic heterocycles. The number of H-pyrrole nitrogens is 2. The predicted octanol–water partition coefficient (Wildman–Crippen LogP) is 2.15. The summed E-state index contributed by atoms with van der Waals surface area (Å²) < 4.78 is 7.63. The van der Waals surface area contributed by atoms with Crippen LogP contribution in [0, 0.1) is 11.7 Å². The molecule has 6 nitrogen and oxygen atoms in total. The van der Waals surface area contributed by atoms with Gasteiger partial charge in [0.25, 0.3) is 5.56 Å². The van der Waals surface area contributed by atoms with Crippen LogP contribution in [0.4, 0.5) is 0 Å². The minimum absolute atomic E-state index is 0.216.